The van der Waals surface area contributed by atoms with Gasteiger partial charge in [0.15, 0.2) is 0 Å². The van der Waals surface area contributed by atoms with Crippen LogP contribution in [0.5, 0.6) is 0 Å². The van der Waals surface area contributed by atoms with Crippen LogP contribution in [0.25, 0.3) is 0 Å². The van der Waals surface area contributed by atoms with E-state index in [1.54, 1.807) is 0 Å². The van der Waals surface area contributed by atoms with Crippen LogP contribution in [0.2, 0.25) is 0 Å². The molecular formula is C16H25N3O3. The first-order valence-corrected chi connectivity index (χ1v) is 8.46. The fraction of sp³-hybridized carbons (Fsp3) is 0.812. The lowest BCUT2D eigenvalue weighted by Gasteiger charge is -2.36. The molecule has 0 unspecified atom stereocenters. The van der Waals surface area contributed by atoms with Gasteiger partial charge in [0, 0.05) is 6.04 Å². The Bertz CT molecular complexity index is 487. The summed E-state index contributed by atoms with van der Waals surface area (Å²) in [5.74, 6) is -0.317. The van der Waals surface area contributed by atoms with Crippen LogP contribution in [0.15, 0.2) is 0 Å². The van der Waals surface area contributed by atoms with E-state index in [2.05, 4.69) is 10.6 Å². The molecule has 1 saturated heterocycles. The van der Waals surface area contributed by atoms with Crippen molar-refractivity contribution in [3.63, 3.8) is 0 Å². The summed E-state index contributed by atoms with van der Waals surface area (Å²) in [7, 11) is 0. The van der Waals surface area contributed by atoms with Gasteiger partial charge in [0.2, 0.25) is 5.91 Å². The lowest BCUT2D eigenvalue weighted by atomic mass is 9.73. The van der Waals surface area contributed by atoms with Gasteiger partial charge in [-0.15, -0.1) is 0 Å². The number of hydrogen-bond donors (Lipinski definition) is 2. The van der Waals surface area contributed by atoms with Gasteiger partial charge in [0.25, 0.3) is 5.91 Å². The molecule has 2 aliphatic carbocycles. The number of urea groups is 1. The van der Waals surface area contributed by atoms with Gasteiger partial charge in [-0.1, -0.05) is 32.6 Å². The molecule has 6 heteroatoms. The van der Waals surface area contributed by atoms with Crippen LogP contribution in [-0.2, 0) is 9.59 Å². The average molecular weight is 307 g/mol. The van der Waals surface area contributed by atoms with Gasteiger partial charge in [-0.3, -0.25) is 14.5 Å². The number of hydrogen-bond acceptors (Lipinski definition) is 3. The minimum absolute atomic E-state index is 0.126. The Kier molecular flexibility index (Phi) is 4.10. The van der Waals surface area contributed by atoms with Gasteiger partial charge in [-0.25, -0.2) is 4.79 Å². The zero-order chi connectivity index (χ0) is 15.7. The van der Waals surface area contributed by atoms with Gasteiger partial charge in [0.1, 0.15) is 12.1 Å². The molecular weight excluding hydrogens is 282 g/mol. The molecule has 3 aliphatic rings. The maximum atomic E-state index is 12.7. The number of amides is 4. The minimum atomic E-state index is -0.775. The SMILES string of the molecule is C[C@@H]1CCCC[C@]12NC(=O)N(CC(=O)NC1CCCC1)C2=O. The summed E-state index contributed by atoms with van der Waals surface area (Å²) in [5.41, 5.74) is -0.775. The minimum Gasteiger partial charge on any atom is -0.352 e. The molecule has 0 aromatic rings. The largest absolute Gasteiger partial charge is 0.352 e. The number of imide groups is 1. The molecule has 0 radical (unpaired) electrons. The molecule has 1 heterocycles. The van der Waals surface area contributed by atoms with Crippen molar-refractivity contribution < 1.29 is 14.4 Å². The predicted octanol–water partition coefficient (Wildman–Crippen LogP) is 1.55. The molecule has 2 N–H and O–H groups in total. The molecule has 22 heavy (non-hydrogen) atoms. The van der Waals surface area contributed by atoms with E-state index in [4.69, 9.17) is 0 Å². The molecule has 122 valence electrons. The lowest BCUT2D eigenvalue weighted by molar-refractivity contribution is -0.137. The second-order valence-electron chi connectivity index (χ2n) is 6.99. The summed E-state index contributed by atoms with van der Waals surface area (Å²) in [6, 6.07) is -0.212. The molecule has 1 spiro atoms. The van der Waals surface area contributed by atoms with Crippen molar-refractivity contribution in [1.82, 2.24) is 15.5 Å². The van der Waals surface area contributed by atoms with Crippen molar-refractivity contribution in [3.8, 4) is 0 Å². The Balaban J connectivity index is 1.65. The molecule has 1 aliphatic heterocycles. The van der Waals surface area contributed by atoms with E-state index < -0.39 is 11.6 Å². The zero-order valence-corrected chi connectivity index (χ0v) is 13.2. The zero-order valence-electron chi connectivity index (χ0n) is 13.2. The maximum Gasteiger partial charge on any atom is 0.325 e. The van der Waals surface area contributed by atoms with Crippen LogP contribution in [0.4, 0.5) is 4.79 Å². The number of rotatable bonds is 3. The average Bonchev–Trinajstić information content (AvgIpc) is 3.06. The summed E-state index contributed by atoms with van der Waals surface area (Å²) in [6.45, 7) is 1.86. The van der Waals surface area contributed by atoms with Crippen LogP contribution in [0.1, 0.15) is 58.3 Å². The molecule has 0 aromatic carbocycles. The highest BCUT2D eigenvalue weighted by Crippen LogP contribution is 2.38. The molecule has 6 nitrogen and oxygen atoms in total. The highest BCUT2D eigenvalue weighted by molar-refractivity contribution is 6.09. The van der Waals surface area contributed by atoms with Crippen molar-refractivity contribution in [2.45, 2.75) is 69.9 Å². The Morgan fingerprint density at radius 2 is 1.91 bits per heavy atom. The Hall–Kier alpha value is -1.59. The van der Waals surface area contributed by atoms with Crippen LogP contribution < -0.4 is 10.6 Å². The van der Waals surface area contributed by atoms with Crippen molar-refractivity contribution in [2.24, 2.45) is 5.92 Å². The molecule has 0 aromatic heterocycles. The number of nitrogens with zero attached hydrogens (tertiary/aromatic N) is 1. The first-order chi connectivity index (χ1) is 10.5. The van der Waals surface area contributed by atoms with E-state index in [0.717, 1.165) is 49.8 Å². The third-order valence-electron chi connectivity index (χ3n) is 5.52. The third-order valence-corrected chi connectivity index (χ3v) is 5.52. The lowest BCUT2D eigenvalue weighted by Crippen LogP contribution is -2.54. The summed E-state index contributed by atoms with van der Waals surface area (Å²) in [4.78, 5) is 38.1. The van der Waals surface area contributed by atoms with Crippen molar-refractivity contribution in [2.75, 3.05) is 6.54 Å². The molecule has 0 bridgehead atoms. The second kappa shape index (κ2) is 5.89. The summed E-state index contributed by atoms with van der Waals surface area (Å²) in [5, 5.41) is 5.81. The number of carbonyl (C=O) groups excluding carboxylic acids is 3. The van der Waals surface area contributed by atoms with E-state index in [0.29, 0.717) is 6.42 Å². The first kappa shape index (κ1) is 15.3. The van der Waals surface area contributed by atoms with Crippen molar-refractivity contribution >= 4 is 17.8 Å². The number of carbonyl (C=O) groups is 3. The molecule has 3 rings (SSSR count). The Labute approximate surface area is 131 Å². The van der Waals surface area contributed by atoms with Gasteiger partial charge in [-0.2, -0.15) is 0 Å². The van der Waals surface area contributed by atoms with E-state index >= 15 is 0 Å². The van der Waals surface area contributed by atoms with Crippen LogP contribution in [0, 0.1) is 5.92 Å². The molecule has 4 amide bonds. The smallest absolute Gasteiger partial charge is 0.325 e. The van der Waals surface area contributed by atoms with E-state index in [1.807, 2.05) is 6.92 Å². The van der Waals surface area contributed by atoms with Crippen LogP contribution in [-0.4, -0.2) is 40.9 Å². The third kappa shape index (κ3) is 2.59. The van der Waals surface area contributed by atoms with Crippen LogP contribution in [0.3, 0.4) is 0 Å². The highest BCUT2D eigenvalue weighted by Gasteiger charge is 2.55. The topological polar surface area (TPSA) is 78.5 Å². The van der Waals surface area contributed by atoms with Crippen LogP contribution >= 0.6 is 0 Å². The number of nitrogens with one attached hydrogen (secondary N) is 2. The van der Waals surface area contributed by atoms with E-state index in [1.165, 1.54) is 0 Å². The van der Waals surface area contributed by atoms with Gasteiger partial charge in [-0.05, 0) is 31.6 Å². The monoisotopic (exact) mass is 307 g/mol. The second-order valence-corrected chi connectivity index (χ2v) is 6.99. The van der Waals surface area contributed by atoms with Crippen molar-refractivity contribution in [3.05, 3.63) is 0 Å². The summed E-state index contributed by atoms with van der Waals surface area (Å²) < 4.78 is 0. The van der Waals surface area contributed by atoms with Gasteiger partial charge < -0.3 is 10.6 Å². The first-order valence-electron chi connectivity index (χ1n) is 8.46. The maximum absolute atomic E-state index is 12.7. The highest BCUT2D eigenvalue weighted by atomic mass is 16.2. The molecule has 3 fully saturated rings. The Morgan fingerprint density at radius 1 is 1.23 bits per heavy atom. The standard InChI is InChI=1S/C16H25N3O3/c1-11-6-4-5-9-16(11)14(21)19(15(22)18-16)10-13(20)17-12-7-2-3-8-12/h11-12H,2-10H2,1H3,(H,17,20)(H,18,22)/t11-,16+/m1/s1. The van der Waals surface area contributed by atoms with E-state index in [9.17, 15) is 14.4 Å². The molecule has 2 saturated carbocycles. The van der Waals surface area contributed by atoms with Gasteiger partial charge in [0.05, 0.1) is 0 Å². The fourth-order valence-electron chi connectivity index (χ4n) is 4.13. The Morgan fingerprint density at radius 3 is 2.59 bits per heavy atom. The molecule has 2 atom stereocenters. The normalized spacial score (nSPS) is 32.6. The van der Waals surface area contributed by atoms with Crippen molar-refractivity contribution in [1.29, 1.82) is 0 Å². The predicted molar refractivity (Wildman–Crippen MR) is 81.0 cm³/mol. The summed E-state index contributed by atoms with van der Waals surface area (Å²) in [6.07, 6.45) is 7.91. The van der Waals surface area contributed by atoms with E-state index in [-0.39, 0.29) is 30.3 Å². The summed E-state index contributed by atoms with van der Waals surface area (Å²) >= 11 is 0. The fourth-order valence-corrected chi connectivity index (χ4v) is 4.13. The van der Waals surface area contributed by atoms with Gasteiger partial charge >= 0.3 is 6.03 Å². The quantitative estimate of drug-likeness (QED) is 0.776.